The Kier molecular flexibility index (Phi) is 5.86. The van der Waals surface area contributed by atoms with Crippen LogP contribution in [0.5, 0.6) is 5.75 Å². The maximum absolute atomic E-state index is 5.57. The molecule has 2 heterocycles. The zero-order chi connectivity index (χ0) is 16.6. The van der Waals surface area contributed by atoms with Crippen molar-refractivity contribution in [2.45, 2.75) is 45.2 Å². The number of aromatic nitrogens is 3. The summed E-state index contributed by atoms with van der Waals surface area (Å²) in [6.07, 6.45) is 11.0. The quantitative estimate of drug-likeness (QED) is 0.627. The molecule has 0 radical (unpaired) electrons. The maximum atomic E-state index is 5.57. The van der Waals surface area contributed by atoms with E-state index in [1.54, 1.807) is 0 Å². The monoisotopic (exact) mass is 324 g/mol. The highest BCUT2D eigenvalue weighted by molar-refractivity contribution is 5.33. The van der Waals surface area contributed by atoms with Gasteiger partial charge in [0.1, 0.15) is 24.0 Å². The fourth-order valence-corrected chi connectivity index (χ4v) is 3.06. The van der Waals surface area contributed by atoms with Crippen LogP contribution in [-0.4, -0.2) is 27.9 Å². The summed E-state index contributed by atoms with van der Waals surface area (Å²) in [6, 6.07) is 7.98. The summed E-state index contributed by atoms with van der Waals surface area (Å²) in [6.45, 7) is 2.96. The molecular formula is C19H24N4O. The third-order valence-electron chi connectivity index (χ3n) is 4.31. The summed E-state index contributed by atoms with van der Waals surface area (Å²) in [7, 11) is 0. The molecule has 24 heavy (non-hydrogen) atoms. The predicted octanol–water partition coefficient (Wildman–Crippen LogP) is 2.35. The summed E-state index contributed by atoms with van der Waals surface area (Å²) in [4.78, 5) is 0. The smallest absolute Gasteiger partial charge is 0.148 e. The first-order valence-corrected chi connectivity index (χ1v) is 8.64. The largest absolute Gasteiger partial charge is 0.481 e. The van der Waals surface area contributed by atoms with Crippen molar-refractivity contribution in [1.29, 1.82) is 0 Å². The van der Waals surface area contributed by atoms with E-state index in [4.69, 9.17) is 11.2 Å². The van der Waals surface area contributed by atoms with Gasteiger partial charge in [-0.2, -0.15) is 0 Å². The van der Waals surface area contributed by atoms with Crippen LogP contribution in [0.4, 0.5) is 0 Å². The van der Waals surface area contributed by atoms with Crippen molar-refractivity contribution in [2.75, 3.05) is 13.2 Å². The molecule has 1 aliphatic heterocycles. The number of hydrogen-bond donors (Lipinski definition) is 1. The molecule has 1 aliphatic rings. The predicted molar refractivity (Wildman–Crippen MR) is 93.8 cm³/mol. The van der Waals surface area contributed by atoms with Gasteiger partial charge in [0.2, 0.25) is 0 Å². The Bertz CT molecular complexity index is 702. The second-order valence-corrected chi connectivity index (χ2v) is 6.02. The Morgan fingerprint density at radius 2 is 2.12 bits per heavy atom. The van der Waals surface area contributed by atoms with E-state index in [-0.39, 0.29) is 0 Å². The fourth-order valence-electron chi connectivity index (χ4n) is 3.06. The Morgan fingerprint density at radius 1 is 1.21 bits per heavy atom. The molecule has 0 bridgehead atoms. The van der Waals surface area contributed by atoms with Crippen LogP contribution in [0.3, 0.4) is 0 Å². The van der Waals surface area contributed by atoms with Crippen molar-refractivity contribution in [3.8, 4) is 18.1 Å². The van der Waals surface area contributed by atoms with Crippen LogP contribution in [-0.2, 0) is 25.9 Å². The van der Waals surface area contributed by atoms with E-state index < -0.39 is 0 Å². The minimum absolute atomic E-state index is 0.295. The number of nitrogens with one attached hydrogen (secondary N) is 1. The summed E-state index contributed by atoms with van der Waals surface area (Å²) >= 11 is 0. The van der Waals surface area contributed by atoms with Crippen LogP contribution in [0.2, 0.25) is 0 Å². The van der Waals surface area contributed by atoms with Gasteiger partial charge in [0.25, 0.3) is 0 Å². The van der Waals surface area contributed by atoms with Crippen molar-refractivity contribution in [3.05, 3.63) is 41.5 Å². The molecule has 5 heteroatoms. The third kappa shape index (κ3) is 4.15. The van der Waals surface area contributed by atoms with Gasteiger partial charge in [-0.3, -0.25) is 0 Å². The van der Waals surface area contributed by atoms with Gasteiger partial charge >= 0.3 is 0 Å². The number of fused-ring (bicyclic) bond motifs is 1. The Hall–Kier alpha value is -2.32. The highest BCUT2D eigenvalue weighted by Gasteiger charge is 2.14. The zero-order valence-electron chi connectivity index (χ0n) is 14.0. The van der Waals surface area contributed by atoms with E-state index in [0.717, 1.165) is 55.4 Å². The van der Waals surface area contributed by atoms with Crippen molar-refractivity contribution in [1.82, 2.24) is 20.1 Å². The molecule has 1 N–H and O–H groups in total. The van der Waals surface area contributed by atoms with Gasteiger partial charge in [-0.15, -0.1) is 16.6 Å². The molecule has 0 saturated heterocycles. The van der Waals surface area contributed by atoms with Crippen LogP contribution in [0, 0.1) is 12.3 Å². The van der Waals surface area contributed by atoms with Gasteiger partial charge < -0.3 is 14.6 Å². The molecule has 126 valence electrons. The average molecular weight is 324 g/mol. The van der Waals surface area contributed by atoms with E-state index in [1.165, 1.54) is 19.3 Å². The first-order valence-electron chi connectivity index (χ1n) is 8.64. The Balaban J connectivity index is 1.51. The number of aryl methyl sites for hydroxylation is 1. The maximum Gasteiger partial charge on any atom is 0.148 e. The summed E-state index contributed by atoms with van der Waals surface area (Å²) in [5, 5.41) is 12.2. The van der Waals surface area contributed by atoms with E-state index in [0.29, 0.717) is 6.61 Å². The minimum Gasteiger partial charge on any atom is -0.481 e. The van der Waals surface area contributed by atoms with Gasteiger partial charge in [0.05, 0.1) is 0 Å². The molecule has 0 amide bonds. The number of rotatable bonds is 7. The number of terminal acetylenes is 1. The lowest BCUT2D eigenvalue weighted by Crippen LogP contribution is -2.19. The second-order valence-electron chi connectivity index (χ2n) is 6.02. The van der Waals surface area contributed by atoms with Crippen molar-refractivity contribution in [2.24, 2.45) is 0 Å². The average Bonchev–Trinajstić information content (AvgIpc) is 2.84. The number of para-hydroxylation sites is 1. The van der Waals surface area contributed by atoms with E-state index in [1.807, 2.05) is 18.2 Å². The molecule has 0 spiro atoms. The third-order valence-corrected chi connectivity index (χ3v) is 4.31. The van der Waals surface area contributed by atoms with Crippen LogP contribution >= 0.6 is 0 Å². The first kappa shape index (κ1) is 16.5. The lowest BCUT2D eigenvalue weighted by Gasteiger charge is -2.11. The molecule has 0 aliphatic carbocycles. The number of hydrogen-bond acceptors (Lipinski definition) is 4. The molecule has 2 aromatic rings. The Morgan fingerprint density at radius 3 is 3.04 bits per heavy atom. The summed E-state index contributed by atoms with van der Waals surface area (Å²) < 4.78 is 7.88. The SMILES string of the molecule is C#CCOc1ccccc1CNCCc1nnc2n1CCCCC2. The van der Waals surface area contributed by atoms with Gasteiger partial charge in [0.15, 0.2) is 0 Å². The summed E-state index contributed by atoms with van der Waals surface area (Å²) in [5.41, 5.74) is 1.12. The van der Waals surface area contributed by atoms with Gasteiger partial charge in [0, 0.05) is 38.0 Å². The Labute approximate surface area is 143 Å². The molecular weight excluding hydrogens is 300 g/mol. The van der Waals surface area contributed by atoms with E-state index >= 15 is 0 Å². The molecule has 5 nitrogen and oxygen atoms in total. The molecule has 1 aromatic carbocycles. The lowest BCUT2D eigenvalue weighted by atomic mass is 10.2. The molecule has 1 aromatic heterocycles. The van der Waals surface area contributed by atoms with E-state index in [9.17, 15) is 0 Å². The van der Waals surface area contributed by atoms with Gasteiger partial charge in [-0.05, 0) is 18.9 Å². The topological polar surface area (TPSA) is 52.0 Å². The minimum atomic E-state index is 0.295. The van der Waals surface area contributed by atoms with E-state index in [2.05, 4.69) is 32.1 Å². The van der Waals surface area contributed by atoms with Crippen LogP contribution in [0.1, 0.15) is 36.5 Å². The van der Waals surface area contributed by atoms with Crippen molar-refractivity contribution in [3.63, 3.8) is 0 Å². The normalized spacial score (nSPS) is 13.8. The molecule has 0 saturated carbocycles. The standard InChI is InChI=1S/C19H24N4O/c1-2-14-24-17-9-6-5-8-16(17)15-20-12-11-19-22-21-18-10-4-3-7-13-23(18)19/h1,5-6,8-9,20H,3-4,7,10-15H2. The fraction of sp³-hybridized carbons (Fsp3) is 0.474. The van der Waals surface area contributed by atoms with Crippen LogP contribution in [0.25, 0.3) is 0 Å². The molecule has 0 atom stereocenters. The summed E-state index contributed by atoms with van der Waals surface area (Å²) in [5.74, 6) is 5.59. The number of ether oxygens (including phenoxy) is 1. The number of nitrogens with zero attached hydrogens (tertiary/aromatic N) is 3. The van der Waals surface area contributed by atoms with Crippen molar-refractivity contribution < 1.29 is 4.74 Å². The second kappa shape index (κ2) is 8.51. The molecule has 0 fully saturated rings. The molecule has 0 unspecified atom stereocenters. The lowest BCUT2D eigenvalue weighted by molar-refractivity contribution is 0.365. The zero-order valence-corrected chi connectivity index (χ0v) is 14.0. The van der Waals surface area contributed by atoms with Crippen molar-refractivity contribution >= 4 is 0 Å². The number of benzene rings is 1. The highest BCUT2D eigenvalue weighted by atomic mass is 16.5. The first-order chi connectivity index (χ1) is 11.9. The van der Waals surface area contributed by atoms with Crippen LogP contribution in [0.15, 0.2) is 24.3 Å². The highest BCUT2D eigenvalue weighted by Crippen LogP contribution is 2.18. The molecule has 3 rings (SSSR count). The van der Waals surface area contributed by atoms with Gasteiger partial charge in [-0.1, -0.05) is 30.5 Å². The van der Waals surface area contributed by atoms with Crippen LogP contribution < -0.4 is 10.1 Å². The van der Waals surface area contributed by atoms with Gasteiger partial charge in [-0.25, -0.2) is 0 Å².